The minimum atomic E-state index is -0.465. The van der Waals surface area contributed by atoms with Gasteiger partial charge in [0.1, 0.15) is 6.07 Å². The van der Waals surface area contributed by atoms with E-state index >= 15 is 0 Å². The first-order valence-electron chi connectivity index (χ1n) is 8.44. The Morgan fingerprint density at radius 3 is 2.40 bits per heavy atom. The molecule has 1 unspecified atom stereocenters. The molecular weight excluding hydrogens is 316 g/mol. The van der Waals surface area contributed by atoms with Crippen LogP contribution in [0.4, 0.5) is 0 Å². The highest BCUT2D eigenvalue weighted by Gasteiger charge is 2.27. The predicted octanol–water partition coefficient (Wildman–Crippen LogP) is 4.48. The van der Waals surface area contributed by atoms with Crippen LogP contribution >= 0.6 is 0 Å². The van der Waals surface area contributed by atoms with Gasteiger partial charge >= 0.3 is 0 Å². The van der Waals surface area contributed by atoms with Crippen molar-refractivity contribution in [3.8, 4) is 17.7 Å². The smallest absolute Gasteiger partial charge is 0.213 e. The van der Waals surface area contributed by atoms with Gasteiger partial charge in [-0.2, -0.15) is 5.26 Å². The second-order valence-electron chi connectivity index (χ2n) is 7.45. The Labute approximate surface area is 149 Å². The third kappa shape index (κ3) is 4.55. The molecule has 0 spiro atoms. The number of aromatic nitrogens is 1. The highest BCUT2D eigenvalue weighted by molar-refractivity contribution is 5.54. The Kier molecular flexibility index (Phi) is 5.76. The van der Waals surface area contributed by atoms with Gasteiger partial charge in [-0.05, 0) is 24.3 Å². The molecule has 0 saturated carbocycles. The van der Waals surface area contributed by atoms with Crippen LogP contribution < -0.4 is 0 Å². The van der Waals surface area contributed by atoms with Crippen LogP contribution in [0.5, 0.6) is 11.6 Å². The monoisotopic (exact) mass is 342 g/mol. The van der Waals surface area contributed by atoms with Crippen molar-refractivity contribution in [1.82, 2.24) is 4.57 Å². The van der Waals surface area contributed by atoms with Gasteiger partial charge < -0.3 is 19.5 Å². The van der Waals surface area contributed by atoms with Gasteiger partial charge in [-0.25, -0.2) is 0 Å². The van der Waals surface area contributed by atoms with Gasteiger partial charge in [0.15, 0.2) is 11.3 Å². The maximum atomic E-state index is 10.4. The molecule has 2 N–H and O–H groups in total. The fourth-order valence-corrected chi connectivity index (χ4v) is 2.67. The van der Waals surface area contributed by atoms with Crippen LogP contribution in [0.1, 0.15) is 57.0 Å². The second-order valence-corrected chi connectivity index (χ2v) is 7.45. The molecule has 0 aliphatic heterocycles. The molecule has 0 aliphatic rings. The van der Waals surface area contributed by atoms with E-state index in [1.807, 2.05) is 43.3 Å². The van der Waals surface area contributed by atoms with Crippen LogP contribution in [0.25, 0.3) is 0 Å². The normalized spacial score (nSPS) is 12.8. The minimum Gasteiger partial charge on any atom is -0.505 e. The molecule has 0 aliphatic carbocycles. The largest absolute Gasteiger partial charge is 0.505 e. The van der Waals surface area contributed by atoms with Crippen molar-refractivity contribution in [2.75, 3.05) is 0 Å². The molecule has 0 bridgehead atoms. The predicted molar refractivity (Wildman–Crippen MR) is 96.2 cm³/mol. The molecule has 2 rings (SSSR count). The van der Waals surface area contributed by atoms with Crippen LogP contribution in [0.2, 0.25) is 0 Å². The van der Waals surface area contributed by atoms with E-state index in [0.29, 0.717) is 18.8 Å². The van der Waals surface area contributed by atoms with Crippen molar-refractivity contribution in [1.29, 1.82) is 5.26 Å². The highest BCUT2D eigenvalue weighted by atomic mass is 16.5. The first-order valence-corrected chi connectivity index (χ1v) is 8.44. The topological polar surface area (TPSA) is 78.4 Å². The van der Waals surface area contributed by atoms with Crippen LogP contribution in [-0.2, 0) is 17.9 Å². The Hall–Kier alpha value is -2.45. The van der Waals surface area contributed by atoms with Crippen molar-refractivity contribution >= 4 is 0 Å². The summed E-state index contributed by atoms with van der Waals surface area (Å²) in [6.45, 7) is 9.01. The Bertz CT molecular complexity index is 752. The molecule has 0 saturated heterocycles. The third-order valence-electron chi connectivity index (χ3n) is 4.17. The van der Waals surface area contributed by atoms with Crippen LogP contribution in [0.15, 0.2) is 30.3 Å². The summed E-state index contributed by atoms with van der Waals surface area (Å²) in [7, 11) is 0. The van der Waals surface area contributed by atoms with E-state index in [4.69, 9.17) is 4.74 Å². The minimum absolute atomic E-state index is 0.0601. The fraction of sp³-hybridized carbons (Fsp3) is 0.450. The molecule has 5 heteroatoms. The third-order valence-corrected chi connectivity index (χ3v) is 4.17. The van der Waals surface area contributed by atoms with Crippen molar-refractivity contribution in [2.24, 2.45) is 5.41 Å². The summed E-state index contributed by atoms with van der Waals surface area (Å²) in [6.07, 6.45) is 0.325. The molecule has 1 atom stereocenters. The lowest BCUT2D eigenvalue weighted by Gasteiger charge is -2.22. The van der Waals surface area contributed by atoms with Gasteiger partial charge in [0, 0.05) is 6.54 Å². The lowest BCUT2D eigenvalue weighted by molar-refractivity contribution is 0.0449. The SMILES string of the molecule is CC(OCc1ccccc1)c1c(O)c(C#N)c(O)n1CCC(C)(C)C. The average molecular weight is 342 g/mol. The number of hydrogen-bond donors (Lipinski definition) is 2. The van der Waals surface area contributed by atoms with E-state index in [0.717, 1.165) is 12.0 Å². The Morgan fingerprint density at radius 1 is 1.20 bits per heavy atom. The average Bonchev–Trinajstić information content (AvgIpc) is 2.80. The number of ether oxygens (including phenoxy) is 1. The van der Waals surface area contributed by atoms with E-state index in [1.54, 1.807) is 4.57 Å². The molecule has 0 amide bonds. The van der Waals surface area contributed by atoms with Crippen molar-refractivity contribution in [3.63, 3.8) is 0 Å². The number of aromatic hydroxyl groups is 2. The summed E-state index contributed by atoms with van der Waals surface area (Å²) < 4.78 is 7.47. The van der Waals surface area contributed by atoms with Crippen LogP contribution in [-0.4, -0.2) is 14.8 Å². The molecule has 2 aromatic rings. The van der Waals surface area contributed by atoms with Gasteiger partial charge in [0.05, 0.1) is 18.4 Å². The molecule has 1 heterocycles. The van der Waals surface area contributed by atoms with Crippen molar-refractivity contribution in [3.05, 3.63) is 47.2 Å². The maximum Gasteiger partial charge on any atom is 0.213 e. The van der Waals surface area contributed by atoms with Gasteiger partial charge in [-0.3, -0.25) is 0 Å². The summed E-state index contributed by atoms with van der Waals surface area (Å²) >= 11 is 0. The second kappa shape index (κ2) is 7.62. The van der Waals surface area contributed by atoms with E-state index < -0.39 is 6.10 Å². The molecule has 1 aromatic heterocycles. The zero-order valence-electron chi connectivity index (χ0n) is 15.3. The highest BCUT2D eigenvalue weighted by Crippen LogP contribution is 2.39. The summed E-state index contributed by atoms with van der Waals surface area (Å²) in [5, 5.41) is 30.0. The Balaban J connectivity index is 2.26. The van der Waals surface area contributed by atoms with Crippen molar-refractivity contribution < 1.29 is 14.9 Å². The molecule has 1 aromatic carbocycles. The number of hydrogen-bond acceptors (Lipinski definition) is 4. The van der Waals surface area contributed by atoms with E-state index in [9.17, 15) is 15.5 Å². The summed E-state index contributed by atoms with van der Waals surface area (Å²) in [4.78, 5) is 0. The number of nitriles is 1. The van der Waals surface area contributed by atoms with Gasteiger partial charge in [-0.1, -0.05) is 51.1 Å². The van der Waals surface area contributed by atoms with Gasteiger partial charge in [-0.15, -0.1) is 0 Å². The summed E-state index contributed by atoms with van der Waals surface area (Å²) in [5.41, 5.74) is 1.42. The first-order chi connectivity index (χ1) is 11.7. The van der Waals surface area contributed by atoms with E-state index in [2.05, 4.69) is 20.8 Å². The molecule has 134 valence electrons. The quantitative estimate of drug-likeness (QED) is 0.811. The molecule has 25 heavy (non-hydrogen) atoms. The van der Waals surface area contributed by atoms with E-state index in [-0.39, 0.29) is 22.6 Å². The Morgan fingerprint density at radius 2 is 1.84 bits per heavy atom. The first kappa shape index (κ1) is 18.9. The molecule has 0 radical (unpaired) electrons. The lowest BCUT2D eigenvalue weighted by Crippen LogP contribution is -2.14. The van der Waals surface area contributed by atoms with Gasteiger partial charge in [0.25, 0.3) is 0 Å². The van der Waals surface area contributed by atoms with Crippen LogP contribution in [0, 0.1) is 16.7 Å². The lowest BCUT2D eigenvalue weighted by atomic mass is 9.92. The fourth-order valence-electron chi connectivity index (χ4n) is 2.67. The van der Waals surface area contributed by atoms with Gasteiger partial charge in [0.2, 0.25) is 5.88 Å². The molecule has 5 nitrogen and oxygen atoms in total. The zero-order chi connectivity index (χ0) is 18.6. The van der Waals surface area contributed by atoms with E-state index in [1.165, 1.54) is 0 Å². The summed E-state index contributed by atoms with van der Waals surface area (Å²) in [6, 6.07) is 11.6. The van der Waals surface area contributed by atoms with Crippen LogP contribution in [0.3, 0.4) is 0 Å². The number of benzene rings is 1. The molecular formula is C20H26N2O3. The van der Waals surface area contributed by atoms with Crippen molar-refractivity contribution in [2.45, 2.75) is 53.4 Å². The summed E-state index contributed by atoms with van der Waals surface area (Å²) in [5.74, 6) is -0.399. The number of nitrogens with zero attached hydrogens (tertiary/aromatic N) is 2. The number of rotatable bonds is 6. The molecule has 0 fully saturated rings. The standard InChI is InChI=1S/C20H26N2O3/c1-14(25-13-15-8-6-5-7-9-15)17-18(23)16(12-21)19(24)22(17)11-10-20(2,3)4/h5-9,14,23-24H,10-11,13H2,1-4H3. The zero-order valence-corrected chi connectivity index (χ0v) is 15.3. The maximum absolute atomic E-state index is 10.4.